The van der Waals surface area contributed by atoms with Crippen molar-refractivity contribution in [2.24, 2.45) is 0 Å². The number of ether oxygens (including phenoxy) is 2. The van der Waals surface area contributed by atoms with E-state index in [1.54, 1.807) is 13.2 Å². The van der Waals surface area contributed by atoms with Gasteiger partial charge in [0.2, 0.25) is 5.91 Å². The zero-order chi connectivity index (χ0) is 20.8. The highest BCUT2D eigenvalue weighted by Crippen LogP contribution is 2.26. The van der Waals surface area contributed by atoms with Crippen LogP contribution < -0.4 is 9.47 Å². The second kappa shape index (κ2) is 10.1. The molecule has 0 spiro atoms. The number of benzene rings is 2. The molecule has 1 fully saturated rings. The number of methoxy groups -OCH3 is 2. The quantitative estimate of drug-likeness (QED) is 0.623. The molecule has 0 unspecified atom stereocenters. The van der Waals surface area contributed by atoms with Gasteiger partial charge in [0.1, 0.15) is 5.75 Å². The summed E-state index contributed by atoms with van der Waals surface area (Å²) in [5, 5.41) is 0. The van der Waals surface area contributed by atoms with E-state index < -0.39 is 0 Å². The standard InChI is InChI=1S/C22H26BrFN2O3/c1-28-20-6-3-16(13-18(20)23)5-8-22(27)26-11-9-25(10-12-26)15-17-4-7-21(29-2)19(24)14-17/h3-4,6-7,13-14H,5,8-12,15H2,1-2H3. The van der Waals surface area contributed by atoms with Crippen LogP contribution in [-0.2, 0) is 17.8 Å². The first kappa shape index (κ1) is 21.6. The Bertz CT molecular complexity index is 854. The average molecular weight is 465 g/mol. The Morgan fingerprint density at radius 3 is 2.28 bits per heavy atom. The summed E-state index contributed by atoms with van der Waals surface area (Å²) in [6.07, 6.45) is 1.19. The molecule has 3 rings (SSSR count). The Morgan fingerprint density at radius 1 is 1.00 bits per heavy atom. The molecule has 5 nitrogen and oxygen atoms in total. The Kier molecular flexibility index (Phi) is 7.50. The lowest BCUT2D eigenvalue weighted by Gasteiger charge is -2.35. The molecule has 29 heavy (non-hydrogen) atoms. The van der Waals surface area contributed by atoms with E-state index in [0.29, 0.717) is 32.5 Å². The largest absolute Gasteiger partial charge is 0.496 e. The summed E-state index contributed by atoms with van der Waals surface area (Å²) in [6.45, 7) is 3.64. The second-order valence-electron chi connectivity index (χ2n) is 7.09. The Hall–Kier alpha value is -2.12. The summed E-state index contributed by atoms with van der Waals surface area (Å²) in [4.78, 5) is 16.7. The van der Waals surface area contributed by atoms with Gasteiger partial charge in [0, 0.05) is 39.1 Å². The monoisotopic (exact) mass is 464 g/mol. The fourth-order valence-electron chi connectivity index (χ4n) is 3.50. The fourth-order valence-corrected chi connectivity index (χ4v) is 4.08. The van der Waals surface area contributed by atoms with Crippen molar-refractivity contribution in [3.05, 3.63) is 57.8 Å². The van der Waals surface area contributed by atoms with Gasteiger partial charge in [-0.1, -0.05) is 12.1 Å². The van der Waals surface area contributed by atoms with Gasteiger partial charge >= 0.3 is 0 Å². The van der Waals surface area contributed by atoms with Crippen molar-refractivity contribution < 1.29 is 18.7 Å². The van der Waals surface area contributed by atoms with Gasteiger partial charge < -0.3 is 14.4 Å². The van der Waals surface area contributed by atoms with E-state index in [1.807, 2.05) is 29.2 Å². The first-order chi connectivity index (χ1) is 14.0. The molecule has 0 aromatic heterocycles. The predicted molar refractivity (Wildman–Crippen MR) is 114 cm³/mol. The molecule has 0 saturated carbocycles. The molecule has 7 heteroatoms. The number of amides is 1. The Balaban J connectivity index is 1.45. The number of halogens is 2. The fraction of sp³-hybridized carbons (Fsp3) is 0.409. The zero-order valence-electron chi connectivity index (χ0n) is 16.8. The van der Waals surface area contributed by atoms with Crippen LogP contribution in [0.5, 0.6) is 11.5 Å². The lowest BCUT2D eigenvalue weighted by Crippen LogP contribution is -2.48. The van der Waals surface area contributed by atoms with E-state index in [-0.39, 0.29) is 17.5 Å². The van der Waals surface area contributed by atoms with Crippen LogP contribution >= 0.6 is 15.9 Å². The van der Waals surface area contributed by atoms with E-state index in [0.717, 1.165) is 34.4 Å². The third-order valence-electron chi connectivity index (χ3n) is 5.19. The van der Waals surface area contributed by atoms with Gasteiger partial charge in [-0.15, -0.1) is 0 Å². The Morgan fingerprint density at radius 2 is 1.66 bits per heavy atom. The second-order valence-corrected chi connectivity index (χ2v) is 7.95. The summed E-state index contributed by atoms with van der Waals surface area (Å²) >= 11 is 3.48. The Labute approximate surface area is 179 Å². The molecule has 0 atom stereocenters. The van der Waals surface area contributed by atoms with Crippen LogP contribution in [0.15, 0.2) is 40.9 Å². The number of hydrogen-bond acceptors (Lipinski definition) is 4. The summed E-state index contributed by atoms with van der Waals surface area (Å²) < 4.78 is 25.0. The van der Waals surface area contributed by atoms with Crippen LogP contribution in [0.4, 0.5) is 4.39 Å². The first-order valence-corrected chi connectivity index (χ1v) is 10.4. The SMILES string of the molecule is COc1ccc(CN2CCN(C(=O)CCc3ccc(OC)c(Br)c3)CC2)cc1F. The summed E-state index contributed by atoms with van der Waals surface area (Å²) in [7, 11) is 3.09. The maximum atomic E-state index is 13.9. The lowest BCUT2D eigenvalue weighted by molar-refractivity contribution is -0.133. The first-order valence-electron chi connectivity index (χ1n) is 9.65. The van der Waals surface area contributed by atoms with Crippen LogP contribution in [0.1, 0.15) is 17.5 Å². The minimum atomic E-state index is -0.344. The molecule has 1 amide bonds. The van der Waals surface area contributed by atoms with Gasteiger partial charge in [0.05, 0.1) is 18.7 Å². The maximum Gasteiger partial charge on any atom is 0.222 e. The molecule has 0 aliphatic carbocycles. The van der Waals surface area contributed by atoms with Gasteiger partial charge in [-0.05, 0) is 57.7 Å². The van der Waals surface area contributed by atoms with Gasteiger partial charge in [-0.25, -0.2) is 4.39 Å². The van der Waals surface area contributed by atoms with Crippen molar-refractivity contribution in [1.29, 1.82) is 0 Å². The van der Waals surface area contributed by atoms with E-state index in [2.05, 4.69) is 20.8 Å². The van der Waals surface area contributed by atoms with Gasteiger partial charge in [-0.2, -0.15) is 0 Å². The minimum absolute atomic E-state index is 0.173. The molecule has 2 aromatic rings. The van der Waals surface area contributed by atoms with Crippen molar-refractivity contribution in [3.63, 3.8) is 0 Å². The number of rotatable bonds is 7. The highest BCUT2D eigenvalue weighted by atomic mass is 79.9. The number of hydrogen-bond donors (Lipinski definition) is 0. The molecule has 1 aliphatic heterocycles. The van der Waals surface area contributed by atoms with Crippen molar-refractivity contribution in [2.75, 3.05) is 40.4 Å². The van der Waals surface area contributed by atoms with Crippen molar-refractivity contribution >= 4 is 21.8 Å². The van der Waals surface area contributed by atoms with Crippen LogP contribution in [0.2, 0.25) is 0 Å². The van der Waals surface area contributed by atoms with Crippen molar-refractivity contribution in [1.82, 2.24) is 9.80 Å². The molecule has 0 N–H and O–H groups in total. The molecule has 1 aliphatic rings. The van der Waals surface area contributed by atoms with Gasteiger partial charge in [-0.3, -0.25) is 9.69 Å². The van der Waals surface area contributed by atoms with Gasteiger partial charge in [0.15, 0.2) is 11.6 Å². The molecule has 0 radical (unpaired) electrons. The molecule has 156 valence electrons. The normalized spacial score (nSPS) is 14.7. The van der Waals surface area contributed by atoms with E-state index in [9.17, 15) is 9.18 Å². The third-order valence-corrected chi connectivity index (χ3v) is 5.81. The highest BCUT2D eigenvalue weighted by molar-refractivity contribution is 9.10. The molecule has 1 saturated heterocycles. The van der Waals surface area contributed by atoms with Crippen LogP contribution in [-0.4, -0.2) is 56.1 Å². The molecule has 0 bridgehead atoms. The summed E-state index contributed by atoms with van der Waals surface area (Å²) in [5.74, 6) is 0.872. The van der Waals surface area contributed by atoms with Crippen molar-refractivity contribution in [2.45, 2.75) is 19.4 Å². The number of piperazine rings is 1. The van der Waals surface area contributed by atoms with Crippen LogP contribution in [0.3, 0.4) is 0 Å². The topological polar surface area (TPSA) is 42.0 Å². The van der Waals surface area contributed by atoms with Crippen LogP contribution in [0.25, 0.3) is 0 Å². The summed E-state index contributed by atoms with van der Waals surface area (Å²) in [5.41, 5.74) is 2.01. The molecular weight excluding hydrogens is 439 g/mol. The molecule has 1 heterocycles. The predicted octanol–water partition coefficient (Wildman–Crippen LogP) is 3.88. The average Bonchev–Trinajstić information content (AvgIpc) is 2.73. The van der Waals surface area contributed by atoms with E-state index in [1.165, 1.54) is 13.2 Å². The molecular formula is C22H26BrFN2O3. The van der Waals surface area contributed by atoms with Crippen molar-refractivity contribution in [3.8, 4) is 11.5 Å². The molecule has 2 aromatic carbocycles. The third kappa shape index (κ3) is 5.70. The lowest BCUT2D eigenvalue weighted by atomic mass is 10.1. The minimum Gasteiger partial charge on any atom is -0.496 e. The van der Waals surface area contributed by atoms with Gasteiger partial charge in [0.25, 0.3) is 0 Å². The van der Waals surface area contributed by atoms with E-state index in [4.69, 9.17) is 9.47 Å². The highest BCUT2D eigenvalue weighted by Gasteiger charge is 2.21. The number of carbonyl (C=O) groups is 1. The number of carbonyl (C=O) groups excluding carboxylic acids is 1. The smallest absolute Gasteiger partial charge is 0.222 e. The maximum absolute atomic E-state index is 13.9. The van der Waals surface area contributed by atoms with E-state index >= 15 is 0 Å². The number of aryl methyl sites for hydroxylation is 1. The number of nitrogens with zero attached hydrogens (tertiary/aromatic N) is 2. The van der Waals surface area contributed by atoms with Crippen LogP contribution in [0, 0.1) is 5.82 Å². The summed E-state index contributed by atoms with van der Waals surface area (Å²) in [6, 6.07) is 10.9. The zero-order valence-corrected chi connectivity index (χ0v) is 18.4.